The van der Waals surface area contributed by atoms with Gasteiger partial charge in [0.05, 0.1) is 0 Å². The number of carbonyl (C=O) groups excluding carboxylic acids is 3. The van der Waals surface area contributed by atoms with Crippen molar-refractivity contribution in [3.05, 3.63) is 30.1 Å². The van der Waals surface area contributed by atoms with Crippen LogP contribution in [0.2, 0.25) is 0 Å². The van der Waals surface area contributed by atoms with Gasteiger partial charge in [0.25, 0.3) is 0 Å². The van der Waals surface area contributed by atoms with E-state index in [4.69, 9.17) is 0 Å². The quantitative estimate of drug-likeness (QED) is 0.695. The molecule has 0 aromatic carbocycles. The highest BCUT2D eigenvalue weighted by molar-refractivity contribution is 5.98. The Morgan fingerprint density at radius 1 is 1.15 bits per heavy atom. The molecule has 0 spiro atoms. The van der Waals surface area contributed by atoms with E-state index >= 15 is 0 Å². The van der Waals surface area contributed by atoms with Crippen molar-refractivity contribution >= 4 is 17.6 Å². The first kappa shape index (κ1) is 21.0. The second kappa shape index (κ2) is 10.2. The SMILES string of the molecule is CC(C)CC(NC(=O)CCC(=O)c1cccnc1)C(=O)N1CCN(C)CC1. The number of amides is 2. The lowest BCUT2D eigenvalue weighted by Crippen LogP contribution is -2.54. The number of hydrogen-bond acceptors (Lipinski definition) is 5. The number of carbonyl (C=O) groups is 3. The summed E-state index contributed by atoms with van der Waals surface area (Å²) in [7, 11) is 2.04. The molecule has 148 valence electrons. The molecule has 27 heavy (non-hydrogen) atoms. The molecule has 2 amide bonds. The minimum Gasteiger partial charge on any atom is -0.344 e. The van der Waals surface area contributed by atoms with Gasteiger partial charge in [-0.25, -0.2) is 0 Å². The highest BCUT2D eigenvalue weighted by atomic mass is 16.2. The van der Waals surface area contributed by atoms with Gasteiger partial charge >= 0.3 is 0 Å². The third-order valence-electron chi connectivity index (χ3n) is 4.72. The van der Waals surface area contributed by atoms with Crippen LogP contribution in [-0.2, 0) is 9.59 Å². The van der Waals surface area contributed by atoms with Crippen LogP contribution < -0.4 is 5.32 Å². The van der Waals surface area contributed by atoms with Gasteiger partial charge in [-0.3, -0.25) is 19.4 Å². The summed E-state index contributed by atoms with van der Waals surface area (Å²) >= 11 is 0. The van der Waals surface area contributed by atoms with E-state index in [1.165, 1.54) is 6.20 Å². The molecule has 0 bridgehead atoms. The van der Waals surface area contributed by atoms with Crippen LogP contribution in [0.25, 0.3) is 0 Å². The molecule has 1 aromatic heterocycles. The van der Waals surface area contributed by atoms with Gasteiger partial charge in [-0.2, -0.15) is 0 Å². The fourth-order valence-corrected chi connectivity index (χ4v) is 3.11. The minimum absolute atomic E-state index is 0.0243. The van der Waals surface area contributed by atoms with Gasteiger partial charge in [0.1, 0.15) is 6.04 Å². The largest absolute Gasteiger partial charge is 0.344 e. The Morgan fingerprint density at radius 3 is 2.44 bits per heavy atom. The number of nitrogens with one attached hydrogen (secondary N) is 1. The van der Waals surface area contributed by atoms with Crippen LogP contribution in [0.5, 0.6) is 0 Å². The molecule has 1 N–H and O–H groups in total. The van der Waals surface area contributed by atoms with Gasteiger partial charge in [-0.05, 0) is 31.5 Å². The Kier molecular flexibility index (Phi) is 7.91. The predicted molar refractivity (Wildman–Crippen MR) is 103 cm³/mol. The van der Waals surface area contributed by atoms with Crippen molar-refractivity contribution in [1.29, 1.82) is 0 Å². The Bertz CT molecular complexity index is 640. The van der Waals surface area contributed by atoms with Gasteiger partial charge in [-0.15, -0.1) is 0 Å². The number of hydrogen-bond donors (Lipinski definition) is 1. The van der Waals surface area contributed by atoms with Crippen molar-refractivity contribution in [1.82, 2.24) is 20.1 Å². The van der Waals surface area contributed by atoms with E-state index in [9.17, 15) is 14.4 Å². The van der Waals surface area contributed by atoms with Gasteiger partial charge in [0.2, 0.25) is 11.8 Å². The molecule has 1 atom stereocenters. The van der Waals surface area contributed by atoms with Crippen molar-refractivity contribution in [3.63, 3.8) is 0 Å². The van der Waals surface area contributed by atoms with E-state index < -0.39 is 6.04 Å². The van der Waals surface area contributed by atoms with Crippen LogP contribution in [0.4, 0.5) is 0 Å². The maximum Gasteiger partial charge on any atom is 0.245 e. The summed E-state index contributed by atoms with van der Waals surface area (Å²) < 4.78 is 0. The topological polar surface area (TPSA) is 82.6 Å². The number of Topliss-reactive ketones (excluding diaryl/α,β-unsaturated/α-hetero) is 1. The predicted octanol–water partition coefficient (Wildman–Crippen LogP) is 1.35. The maximum atomic E-state index is 12.9. The third-order valence-corrected chi connectivity index (χ3v) is 4.72. The van der Waals surface area contributed by atoms with Crippen LogP contribution in [0.15, 0.2) is 24.5 Å². The fourth-order valence-electron chi connectivity index (χ4n) is 3.11. The molecule has 2 heterocycles. The number of pyridine rings is 1. The molecular weight excluding hydrogens is 344 g/mol. The molecular formula is C20H30N4O3. The van der Waals surface area contributed by atoms with Crippen molar-refractivity contribution in [2.45, 2.75) is 39.2 Å². The summed E-state index contributed by atoms with van der Waals surface area (Å²) in [6.45, 7) is 7.10. The number of ketones is 1. The Labute approximate surface area is 161 Å². The fraction of sp³-hybridized carbons (Fsp3) is 0.600. The lowest BCUT2D eigenvalue weighted by molar-refractivity contribution is -0.138. The van der Waals surface area contributed by atoms with Crippen LogP contribution in [0.1, 0.15) is 43.5 Å². The van der Waals surface area contributed by atoms with E-state index in [0.717, 1.165) is 13.1 Å². The lowest BCUT2D eigenvalue weighted by atomic mass is 10.0. The molecule has 1 saturated heterocycles. The van der Waals surface area contributed by atoms with Crippen molar-refractivity contribution in [3.8, 4) is 0 Å². The number of rotatable bonds is 8. The molecule has 0 aliphatic carbocycles. The molecule has 1 fully saturated rings. The second-order valence-electron chi connectivity index (χ2n) is 7.54. The summed E-state index contributed by atoms with van der Waals surface area (Å²) in [4.78, 5) is 45.3. The highest BCUT2D eigenvalue weighted by Gasteiger charge is 2.28. The molecule has 1 aliphatic rings. The van der Waals surface area contributed by atoms with Crippen LogP contribution in [-0.4, -0.2) is 71.6 Å². The van der Waals surface area contributed by atoms with Crippen molar-refractivity contribution < 1.29 is 14.4 Å². The first-order valence-electron chi connectivity index (χ1n) is 9.56. The zero-order valence-electron chi connectivity index (χ0n) is 16.5. The summed E-state index contributed by atoms with van der Waals surface area (Å²) in [5.74, 6) is -0.128. The van der Waals surface area contributed by atoms with Gasteiger partial charge in [0.15, 0.2) is 5.78 Å². The number of likely N-dealkylation sites (N-methyl/N-ethyl adjacent to an activating group) is 1. The molecule has 1 unspecified atom stereocenters. The van der Waals surface area contributed by atoms with Crippen molar-refractivity contribution in [2.24, 2.45) is 5.92 Å². The van der Waals surface area contributed by atoms with Gasteiger partial charge < -0.3 is 15.1 Å². The van der Waals surface area contributed by atoms with E-state index in [-0.39, 0.29) is 36.4 Å². The normalized spacial score (nSPS) is 16.2. The van der Waals surface area contributed by atoms with Crippen LogP contribution in [0, 0.1) is 5.92 Å². The summed E-state index contributed by atoms with van der Waals surface area (Å²) in [6.07, 6.45) is 3.86. The molecule has 1 aromatic rings. The molecule has 0 saturated carbocycles. The van der Waals surface area contributed by atoms with E-state index in [0.29, 0.717) is 25.1 Å². The second-order valence-corrected chi connectivity index (χ2v) is 7.54. The molecule has 1 aliphatic heterocycles. The van der Waals surface area contributed by atoms with E-state index in [1.54, 1.807) is 18.3 Å². The van der Waals surface area contributed by atoms with Gasteiger partial charge in [-0.1, -0.05) is 13.8 Å². The van der Waals surface area contributed by atoms with Gasteiger partial charge in [0, 0.05) is 57.0 Å². The summed E-state index contributed by atoms with van der Waals surface area (Å²) in [5.41, 5.74) is 0.498. The van der Waals surface area contributed by atoms with Crippen molar-refractivity contribution in [2.75, 3.05) is 33.2 Å². The standard InChI is InChI=1S/C20H30N4O3/c1-15(2)13-17(20(27)24-11-9-23(3)10-12-24)22-19(26)7-6-18(25)16-5-4-8-21-14-16/h4-5,8,14-15,17H,6-7,9-13H2,1-3H3,(H,22,26). The zero-order valence-corrected chi connectivity index (χ0v) is 16.5. The number of aromatic nitrogens is 1. The average Bonchev–Trinajstić information content (AvgIpc) is 2.66. The lowest BCUT2D eigenvalue weighted by Gasteiger charge is -2.35. The molecule has 0 radical (unpaired) electrons. The third kappa shape index (κ3) is 6.75. The number of piperazine rings is 1. The highest BCUT2D eigenvalue weighted by Crippen LogP contribution is 2.11. The zero-order chi connectivity index (χ0) is 19.8. The Hall–Kier alpha value is -2.28. The molecule has 7 heteroatoms. The summed E-state index contributed by atoms with van der Waals surface area (Å²) in [5, 5.41) is 2.85. The Balaban J connectivity index is 1.89. The smallest absolute Gasteiger partial charge is 0.245 e. The van der Waals surface area contributed by atoms with E-state index in [1.807, 2.05) is 25.8 Å². The summed E-state index contributed by atoms with van der Waals surface area (Å²) in [6, 6.07) is 2.85. The van der Waals surface area contributed by atoms with Crippen LogP contribution >= 0.6 is 0 Å². The average molecular weight is 374 g/mol. The molecule has 7 nitrogen and oxygen atoms in total. The number of nitrogens with zero attached hydrogens (tertiary/aromatic N) is 3. The van der Waals surface area contributed by atoms with Crippen LogP contribution in [0.3, 0.4) is 0 Å². The van der Waals surface area contributed by atoms with E-state index in [2.05, 4.69) is 15.2 Å². The minimum atomic E-state index is -0.533. The maximum absolute atomic E-state index is 12.9. The first-order valence-corrected chi connectivity index (χ1v) is 9.56. The molecule has 2 rings (SSSR count). The monoisotopic (exact) mass is 374 g/mol. The first-order chi connectivity index (χ1) is 12.9. The Morgan fingerprint density at radius 2 is 1.85 bits per heavy atom.